The van der Waals surface area contributed by atoms with Crippen molar-refractivity contribution in [2.75, 3.05) is 13.7 Å². The number of carbonyl (C=O) groups is 3. The van der Waals surface area contributed by atoms with Crippen molar-refractivity contribution in [3.8, 4) is 11.1 Å². The number of furan rings is 1. The van der Waals surface area contributed by atoms with Crippen LogP contribution in [0.1, 0.15) is 35.4 Å². The molecule has 0 spiro atoms. The minimum Gasteiger partial charge on any atom is -0.481 e. The van der Waals surface area contributed by atoms with Crippen LogP contribution in [0.15, 0.2) is 71.5 Å². The second-order valence-electron chi connectivity index (χ2n) is 8.28. The molecule has 0 aliphatic heterocycles. The number of ether oxygens (including phenoxy) is 1. The number of carbonyl (C=O) groups excluding carboxylic acids is 2. The number of likely N-dealkylation sites (N-methyl/N-ethyl adjacent to an activating group) is 1. The first-order chi connectivity index (χ1) is 16.4. The van der Waals surface area contributed by atoms with E-state index >= 15 is 0 Å². The predicted molar refractivity (Wildman–Crippen MR) is 124 cm³/mol. The van der Waals surface area contributed by atoms with Crippen LogP contribution >= 0.6 is 0 Å². The number of alkyl carbamates (subject to hydrolysis) is 1. The maximum Gasteiger partial charge on any atom is 0.407 e. The van der Waals surface area contributed by atoms with E-state index in [0.717, 1.165) is 27.8 Å². The Balaban J connectivity index is 1.41. The second kappa shape index (κ2) is 10.2. The molecule has 1 unspecified atom stereocenters. The topological polar surface area (TPSA) is 109 Å². The molecule has 2 N–H and O–H groups in total. The Morgan fingerprint density at radius 1 is 1.06 bits per heavy atom. The zero-order chi connectivity index (χ0) is 24.1. The lowest BCUT2D eigenvalue weighted by atomic mass is 9.98. The van der Waals surface area contributed by atoms with Crippen molar-refractivity contribution in [1.29, 1.82) is 0 Å². The highest BCUT2D eigenvalue weighted by molar-refractivity contribution is 5.86. The summed E-state index contributed by atoms with van der Waals surface area (Å²) in [7, 11) is 1.59. The van der Waals surface area contributed by atoms with E-state index in [1.54, 1.807) is 13.1 Å². The van der Waals surface area contributed by atoms with E-state index < -0.39 is 24.0 Å². The van der Waals surface area contributed by atoms with Crippen LogP contribution in [0, 0.1) is 0 Å². The number of fused-ring (bicyclic) bond motifs is 3. The molecule has 4 rings (SSSR count). The van der Waals surface area contributed by atoms with Crippen LogP contribution in [0.3, 0.4) is 0 Å². The van der Waals surface area contributed by atoms with Crippen LogP contribution in [0.2, 0.25) is 0 Å². The van der Waals surface area contributed by atoms with E-state index in [-0.39, 0.29) is 31.9 Å². The Hall–Kier alpha value is -4.07. The lowest BCUT2D eigenvalue weighted by Crippen LogP contribution is -2.47. The van der Waals surface area contributed by atoms with E-state index in [1.807, 2.05) is 48.5 Å². The standard InChI is InChI=1S/C26H26N2O6/c1-28(14-17-12-13-33-15-17)25(31)23(10-11-24(29)30)27-26(32)34-16-22-20-8-4-2-6-18(20)19-7-3-5-9-21(19)22/h2-9,12-13,15,22-23H,10-11,14,16H2,1H3,(H,27,32)(H,29,30). The summed E-state index contributed by atoms with van der Waals surface area (Å²) < 4.78 is 10.6. The first-order valence-electron chi connectivity index (χ1n) is 11.0. The van der Waals surface area contributed by atoms with Crippen LogP contribution in [-0.2, 0) is 20.9 Å². The van der Waals surface area contributed by atoms with Gasteiger partial charge in [0.15, 0.2) is 0 Å². The van der Waals surface area contributed by atoms with Crippen molar-refractivity contribution in [3.05, 3.63) is 83.8 Å². The van der Waals surface area contributed by atoms with Gasteiger partial charge in [0.05, 0.1) is 12.5 Å². The van der Waals surface area contributed by atoms with Gasteiger partial charge in [-0.3, -0.25) is 9.59 Å². The Morgan fingerprint density at radius 2 is 1.71 bits per heavy atom. The maximum absolute atomic E-state index is 12.9. The SMILES string of the molecule is CN(Cc1ccoc1)C(=O)C(CCC(=O)O)NC(=O)OCC1c2ccccc2-c2ccccc21. The van der Waals surface area contributed by atoms with Gasteiger partial charge in [-0.1, -0.05) is 48.5 Å². The molecule has 0 bridgehead atoms. The lowest BCUT2D eigenvalue weighted by Gasteiger charge is -2.24. The highest BCUT2D eigenvalue weighted by Gasteiger charge is 2.30. The highest BCUT2D eigenvalue weighted by Crippen LogP contribution is 2.44. The van der Waals surface area contributed by atoms with Crippen LogP contribution in [0.5, 0.6) is 0 Å². The lowest BCUT2D eigenvalue weighted by molar-refractivity contribution is -0.138. The summed E-state index contributed by atoms with van der Waals surface area (Å²) in [5.74, 6) is -1.57. The minimum absolute atomic E-state index is 0.0475. The first-order valence-corrected chi connectivity index (χ1v) is 11.0. The summed E-state index contributed by atoms with van der Waals surface area (Å²) in [4.78, 5) is 38.1. The molecule has 2 aromatic carbocycles. The molecular weight excluding hydrogens is 436 g/mol. The van der Waals surface area contributed by atoms with Crippen LogP contribution < -0.4 is 5.32 Å². The Labute approximate surface area is 197 Å². The number of aliphatic carboxylic acids is 1. The summed E-state index contributed by atoms with van der Waals surface area (Å²) >= 11 is 0. The molecule has 1 aliphatic rings. The van der Waals surface area contributed by atoms with Gasteiger partial charge in [-0.25, -0.2) is 4.79 Å². The van der Waals surface area contributed by atoms with E-state index in [4.69, 9.17) is 14.3 Å². The predicted octanol–water partition coefficient (Wildman–Crippen LogP) is 4.01. The molecule has 34 heavy (non-hydrogen) atoms. The van der Waals surface area contributed by atoms with Gasteiger partial charge in [0.25, 0.3) is 0 Å². The monoisotopic (exact) mass is 462 g/mol. The Kier molecular flexibility index (Phi) is 6.96. The average molecular weight is 463 g/mol. The fourth-order valence-corrected chi connectivity index (χ4v) is 4.31. The number of benzene rings is 2. The minimum atomic E-state index is -1.05. The van der Waals surface area contributed by atoms with Gasteiger partial charge in [0.2, 0.25) is 5.91 Å². The summed E-state index contributed by atoms with van der Waals surface area (Å²) in [6.45, 7) is 0.371. The van der Waals surface area contributed by atoms with Gasteiger partial charge in [0.1, 0.15) is 12.6 Å². The van der Waals surface area contributed by atoms with Crippen molar-refractivity contribution in [1.82, 2.24) is 10.2 Å². The van der Waals surface area contributed by atoms with Gasteiger partial charge in [-0.2, -0.15) is 0 Å². The van der Waals surface area contributed by atoms with Gasteiger partial charge < -0.3 is 24.5 Å². The largest absolute Gasteiger partial charge is 0.481 e. The Bertz CT molecular complexity index is 1130. The zero-order valence-electron chi connectivity index (χ0n) is 18.8. The number of hydrogen-bond donors (Lipinski definition) is 2. The fraction of sp³-hybridized carbons (Fsp3) is 0.269. The average Bonchev–Trinajstić information content (AvgIpc) is 3.46. The molecule has 0 saturated heterocycles. The third-order valence-electron chi connectivity index (χ3n) is 5.96. The maximum atomic E-state index is 12.9. The van der Waals surface area contributed by atoms with Gasteiger partial charge in [0, 0.05) is 31.5 Å². The second-order valence-corrected chi connectivity index (χ2v) is 8.28. The van der Waals surface area contributed by atoms with Crippen LogP contribution in [-0.4, -0.2) is 47.7 Å². The van der Waals surface area contributed by atoms with Crippen molar-refractivity contribution in [2.45, 2.75) is 31.3 Å². The third kappa shape index (κ3) is 5.11. The molecule has 1 aliphatic carbocycles. The summed E-state index contributed by atoms with van der Waals surface area (Å²) in [6, 6.07) is 16.7. The number of nitrogens with one attached hydrogen (secondary N) is 1. The number of hydrogen-bond acceptors (Lipinski definition) is 5. The highest BCUT2D eigenvalue weighted by atomic mass is 16.5. The molecule has 1 heterocycles. The molecule has 8 heteroatoms. The van der Waals surface area contributed by atoms with Gasteiger partial charge in [-0.15, -0.1) is 0 Å². The molecule has 1 atom stereocenters. The van der Waals surface area contributed by atoms with Crippen LogP contribution in [0.25, 0.3) is 11.1 Å². The summed E-state index contributed by atoms with van der Waals surface area (Å²) in [5.41, 5.74) is 5.17. The van der Waals surface area contributed by atoms with E-state index in [1.165, 1.54) is 17.4 Å². The van der Waals surface area contributed by atoms with E-state index in [0.29, 0.717) is 0 Å². The first kappa shape index (κ1) is 23.1. The molecule has 176 valence electrons. The summed E-state index contributed by atoms with van der Waals surface area (Å²) in [6.07, 6.45) is 1.95. The van der Waals surface area contributed by atoms with Crippen molar-refractivity contribution in [2.24, 2.45) is 0 Å². The number of rotatable bonds is 9. The molecule has 3 aromatic rings. The summed E-state index contributed by atoms with van der Waals surface area (Å²) in [5, 5.41) is 11.6. The smallest absolute Gasteiger partial charge is 0.407 e. The zero-order valence-corrected chi connectivity index (χ0v) is 18.8. The van der Waals surface area contributed by atoms with Crippen molar-refractivity contribution in [3.63, 3.8) is 0 Å². The molecule has 0 radical (unpaired) electrons. The molecule has 0 fully saturated rings. The number of amides is 2. The normalized spacial score (nSPS) is 13.0. The van der Waals surface area contributed by atoms with E-state index in [2.05, 4.69) is 5.32 Å². The van der Waals surface area contributed by atoms with Gasteiger partial charge in [-0.05, 0) is 34.7 Å². The fourth-order valence-electron chi connectivity index (χ4n) is 4.31. The molecule has 0 saturated carbocycles. The number of carboxylic acids is 1. The van der Waals surface area contributed by atoms with Gasteiger partial charge >= 0.3 is 12.1 Å². The third-order valence-corrected chi connectivity index (χ3v) is 5.96. The quantitative estimate of drug-likeness (QED) is 0.497. The van der Waals surface area contributed by atoms with Crippen molar-refractivity contribution >= 4 is 18.0 Å². The number of carboxylic acid groups (broad SMARTS) is 1. The van der Waals surface area contributed by atoms with E-state index in [9.17, 15) is 14.4 Å². The Morgan fingerprint density at radius 3 is 2.29 bits per heavy atom. The number of nitrogens with zero attached hydrogens (tertiary/aromatic N) is 1. The molecular formula is C26H26N2O6. The molecule has 1 aromatic heterocycles. The molecule has 2 amide bonds. The molecule has 8 nitrogen and oxygen atoms in total. The van der Waals surface area contributed by atoms with Crippen molar-refractivity contribution < 1.29 is 28.6 Å². The van der Waals surface area contributed by atoms with Crippen LogP contribution in [0.4, 0.5) is 4.79 Å².